The Hall–Kier alpha value is -1.03. The van der Waals surface area contributed by atoms with E-state index in [9.17, 15) is 4.79 Å². The highest BCUT2D eigenvalue weighted by Gasteiger charge is 2.10. The summed E-state index contributed by atoms with van der Waals surface area (Å²) in [5, 5.41) is 0.651. The van der Waals surface area contributed by atoms with Crippen LogP contribution in [0.4, 0.5) is 0 Å². The lowest BCUT2D eigenvalue weighted by Gasteiger charge is -1.99. The molecule has 0 aliphatic heterocycles. The fourth-order valence-corrected chi connectivity index (χ4v) is 1.95. The van der Waals surface area contributed by atoms with Crippen molar-refractivity contribution in [1.82, 2.24) is 0 Å². The van der Waals surface area contributed by atoms with Gasteiger partial charge in [-0.05, 0) is 18.6 Å². The molecule has 0 aliphatic carbocycles. The van der Waals surface area contributed by atoms with E-state index in [1.807, 2.05) is 13.0 Å². The molecule has 13 heavy (non-hydrogen) atoms. The van der Waals surface area contributed by atoms with Gasteiger partial charge in [-0.2, -0.15) is 0 Å². The molecule has 0 N–H and O–H groups in total. The number of benzene rings is 1. The molecule has 4 heteroatoms. The maximum absolute atomic E-state index is 10.8. The second kappa shape index (κ2) is 3.03. The monoisotopic (exact) mass is 242 g/mol. The van der Waals surface area contributed by atoms with Crippen molar-refractivity contribution >= 4 is 27.1 Å². The zero-order valence-electron chi connectivity index (χ0n) is 6.96. The fourth-order valence-electron chi connectivity index (χ4n) is 1.26. The van der Waals surface area contributed by atoms with E-state index < -0.39 is 5.82 Å². The molecule has 0 aliphatic rings. The lowest BCUT2D eigenvalue weighted by molar-refractivity contribution is 0.409. The predicted molar refractivity (Wildman–Crippen MR) is 52.1 cm³/mol. The van der Waals surface area contributed by atoms with E-state index in [1.165, 1.54) is 0 Å². The molecule has 0 fully saturated rings. The van der Waals surface area contributed by atoms with Gasteiger partial charge in [-0.1, -0.05) is 22.0 Å². The van der Waals surface area contributed by atoms with Gasteiger partial charge >= 0.3 is 5.82 Å². The van der Waals surface area contributed by atoms with E-state index in [0.29, 0.717) is 16.5 Å². The summed E-state index contributed by atoms with van der Waals surface area (Å²) in [6, 6.07) is 3.64. The number of hydrogen-bond acceptors (Lipinski definition) is 3. The minimum Gasteiger partial charge on any atom is -0.391 e. The SMILES string of the molecule is Cc1ccc2oc(=O)oc2c1CBr. The van der Waals surface area contributed by atoms with E-state index in [2.05, 4.69) is 15.9 Å². The minimum absolute atomic E-state index is 0.505. The Morgan fingerprint density at radius 2 is 2.15 bits per heavy atom. The van der Waals surface area contributed by atoms with Crippen LogP contribution in [0.15, 0.2) is 25.8 Å². The molecule has 0 atom stereocenters. The Kier molecular flexibility index (Phi) is 2.00. The third kappa shape index (κ3) is 1.31. The first kappa shape index (κ1) is 8.56. The highest BCUT2D eigenvalue weighted by Crippen LogP contribution is 2.23. The molecule has 0 saturated carbocycles. The first-order chi connectivity index (χ1) is 6.22. The van der Waals surface area contributed by atoms with Crippen LogP contribution in [0.3, 0.4) is 0 Å². The van der Waals surface area contributed by atoms with Crippen LogP contribution in [0.25, 0.3) is 11.2 Å². The molecular weight excluding hydrogens is 236 g/mol. The molecule has 1 heterocycles. The average Bonchev–Trinajstić information content (AvgIpc) is 2.45. The largest absolute Gasteiger partial charge is 0.519 e. The van der Waals surface area contributed by atoms with Gasteiger partial charge in [0.15, 0.2) is 11.2 Å². The van der Waals surface area contributed by atoms with E-state index in [1.54, 1.807) is 6.07 Å². The summed E-state index contributed by atoms with van der Waals surface area (Å²) >= 11 is 3.33. The maximum atomic E-state index is 10.8. The molecule has 3 nitrogen and oxygen atoms in total. The third-order valence-electron chi connectivity index (χ3n) is 1.97. The predicted octanol–water partition coefficient (Wildman–Crippen LogP) is 2.59. The summed E-state index contributed by atoms with van der Waals surface area (Å²) in [6.45, 7) is 1.96. The lowest BCUT2D eigenvalue weighted by Crippen LogP contribution is -1.86. The standard InChI is InChI=1S/C9H7BrO3/c1-5-2-3-7-8(6(5)4-10)13-9(11)12-7/h2-3H,4H2,1H3. The van der Waals surface area contributed by atoms with Crippen LogP contribution < -0.4 is 5.82 Å². The van der Waals surface area contributed by atoms with E-state index in [4.69, 9.17) is 8.83 Å². The van der Waals surface area contributed by atoms with Gasteiger partial charge in [0, 0.05) is 10.9 Å². The third-order valence-corrected chi connectivity index (χ3v) is 2.53. The second-order valence-electron chi connectivity index (χ2n) is 2.78. The number of alkyl halides is 1. The number of fused-ring (bicyclic) bond motifs is 1. The fraction of sp³-hybridized carbons (Fsp3) is 0.222. The van der Waals surface area contributed by atoms with Gasteiger partial charge in [-0.25, -0.2) is 4.79 Å². The highest BCUT2D eigenvalue weighted by atomic mass is 79.9. The van der Waals surface area contributed by atoms with Crippen molar-refractivity contribution in [2.45, 2.75) is 12.3 Å². The molecule has 2 aromatic rings. The summed E-state index contributed by atoms with van der Waals surface area (Å²) in [4.78, 5) is 10.8. The van der Waals surface area contributed by atoms with E-state index in [0.717, 1.165) is 11.1 Å². The first-order valence-electron chi connectivity index (χ1n) is 3.80. The van der Waals surface area contributed by atoms with Gasteiger partial charge in [0.1, 0.15) is 0 Å². The van der Waals surface area contributed by atoms with Crippen LogP contribution in [-0.2, 0) is 5.33 Å². The van der Waals surface area contributed by atoms with Gasteiger partial charge in [0.05, 0.1) is 0 Å². The smallest absolute Gasteiger partial charge is 0.391 e. The summed E-state index contributed by atoms with van der Waals surface area (Å²) in [5.74, 6) is -0.650. The van der Waals surface area contributed by atoms with Crippen LogP contribution in [0.1, 0.15) is 11.1 Å². The van der Waals surface area contributed by atoms with Gasteiger partial charge in [-0.3, -0.25) is 0 Å². The zero-order chi connectivity index (χ0) is 9.42. The van der Waals surface area contributed by atoms with Gasteiger partial charge in [0.2, 0.25) is 0 Å². The number of hydrogen-bond donors (Lipinski definition) is 0. The van der Waals surface area contributed by atoms with Crippen molar-refractivity contribution in [3.05, 3.63) is 33.9 Å². The number of aryl methyl sites for hydroxylation is 1. The van der Waals surface area contributed by atoms with E-state index >= 15 is 0 Å². The van der Waals surface area contributed by atoms with Gasteiger partial charge in [0.25, 0.3) is 0 Å². The molecular formula is C9H7BrO3. The molecule has 0 amide bonds. The van der Waals surface area contributed by atoms with Crippen LogP contribution >= 0.6 is 15.9 Å². The molecule has 68 valence electrons. The summed E-state index contributed by atoms with van der Waals surface area (Å²) in [6.07, 6.45) is 0. The van der Waals surface area contributed by atoms with Crippen LogP contribution in [-0.4, -0.2) is 0 Å². The van der Waals surface area contributed by atoms with Crippen molar-refractivity contribution < 1.29 is 8.83 Å². The lowest BCUT2D eigenvalue weighted by atomic mass is 10.1. The molecule has 2 rings (SSSR count). The Morgan fingerprint density at radius 1 is 1.38 bits per heavy atom. The summed E-state index contributed by atoms with van der Waals surface area (Å²) in [5.41, 5.74) is 3.09. The second-order valence-corrected chi connectivity index (χ2v) is 3.34. The molecule has 0 radical (unpaired) electrons. The Balaban J connectivity index is 2.90. The topological polar surface area (TPSA) is 43.4 Å². The van der Waals surface area contributed by atoms with Crippen molar-refractivity contribution in [2.75, 3.05) is 0 Å². The van der Waals surface area contributed by atoms with Crippen LogP contribution in [0.2, 0.25) is 0 Å². The van der Waals surface area contributed by atoms with Crippen molar-refractivity contribution in [3.63, 3.8) is 0 Å². The number of rotatable bonds is 1. The molecule has 0 spiro atoms. The molecule has 0 saturated heterocycles. The van der Waals surface area contributed by atoms with Gasteiger partial charge in [-0.15, -0.1) is 0 Å². The minimum atomic E-state index is -0.650. The van der Waals surface area contributed by atoms with Crippen LogP contribution in [0, 0.1) is 6.92 Å². The zero-order valence-corrected chi connectivity index (χ0v) is 8.55. The highest BCUT2D eigenvalue weighted by molar-refractivity contribution is 9.08. The Morgan fingerprint density at radius 3 is 2.85 bits per heavy atom. The van der Waals surface area contributed by atoms with E-state index in [-0.39, 0.29) is 0 Å². The molecule has 1 aromatic heterocycles. The molecule has 0 unspecified atom stereocenters. The molecule has 0 bridgehead atoms. The maximum Gasteiger partial charge on any atom is 0.519 e. The summed E-state index contributed by atoms with van der Waals surface area (Å²) in [7, 11) is 0. The quantitative estimate of drug-likeness (QED) is 0.723. The van der Waals surface area contributed by atoms with Crippen LogP contribution in [0.5, 0.6) is 0 Å². The first-order valence-corrected chi connectivity index (χ1v) is 4.92. The summed E-state index contributed by atoms with van der Waals surface area (Å²) < 4.78 is 9.74. The normalized spacial score (nSPS) is 10.9. The molecule has 1 aromatic carbocycles. The van der Waals surface area contributed by atoms with Crippen molar-refractivity contribution in [3.8, 4) is 0 Å². The Labute approximate surface area is 82.5 Å². The Bertz CT molecular complexity index is 495. The van der Waals surface area contributed by atoms with Crippen molar-refractivity contribution in [2.24, 2.45) is 0 Å². The van der Waals surface area contributed by atoms with Gasteiger partial charge < -0.3 is 8.83 Å². The number of halogens is 1. The van der Waals surface area contributed by atoms with Crippen molar-refractivity contribution in [1.29, 1.82) is 0 Å². The average molecular weight is 243 g/mol.